The number of ether oxygens (including phenoxy) is 1. The molecular weight excluding hydrogens is 362 g/mol. The maximum absolute atomic E-state index is 13.2. The number of nitrogens with zero attached hydrogens (tertiary/aromatic N) is 2. The molecule has 3 rings (SSSR count). The Kier molecular flexibility index (Phi) is 6.47. The lowest BCUT2D eigenvalue weighted by Crippen LogP contribution is -2.41. The normalized spacial score (nSPS) is 17.0. The molecule has 1 saturated heterocycles. The summed E-state index contributed by atoms with van der Waals surface area (Å²) in [4.78, 5) is 29.6. The number of primary amides is 1. The average molecular weight is 388 g/mol. The van der Waals surface area contributed by atoms with Gasteiger partial charge < -0.3 is 15.4 Å². The highest BCUT2D eigenvalue weighted by molar-refractivity contribution is 7.10. The Bertz CT molecular complexity index is 779. The van der Waals surface area contributed by atoms with Crippen LogP contribution in [0.3, 0.4) is 0 Å². The van der Waals surface area contributed by atoms with Gasteiger partial charge in [-0.1, -0.05) is 18.2 Å². The molecule has 0 radical (unpaired) electrons. The quantitative estimate of drug-likeness (QED) is 0.756. The maximum Gasteiger partial charge on any atom is 0.241 e. The maximum atomic E-state index is 13.2. The molecule has 1 fully saturated rings. The summed E-state index contributed by atoms with van der Waals surface area (Å²) in [5.41, 5.74) is 5.99. The summed E-state index contributed by atoms with van der Waals surface area (Å²) < 4.78 is 5.41. The molecule has 1 aromatic carbocycles. The Labute approximate surface area is 163 Å². The van der Waals surface area contributed by atoms with Crippen molar-refractivity contribution in [3.63, 3.8) is 0 Å². The summed E-state index contributed by atoms with van der Waals surface area (Å²) in [6.45, 7) is 1.44. The fourth-order valence-corrected chi connectivity index (χ4v) is 4.43. The van der Waals surface area contributed by atoms with Crippen LogP contribution in [0.4, 0.5) is 5.69 Å². The molecule has 7 heteroatoms. The van der Waals surface area contributed by atoms with Crippen molar-refractivity contribution in [3.05, 3.63) is 46.7 Å². The van der Waals surface area contributed by atoms with Gasteiger partial charge in [-0.25, -0.2) is 0 Å². The van der Waals surface area contributed by atoms with E-state index in [0.717, 1.165) is 19.4 Å². The Hall–Kier alpha value is -2.38. The predicted molar refractivity (Wildman–Crippen MR) is 107 cm³/mol. The van der Waals surface area contributed by atoms with E-state index in [4.69, 9.17) is 10.5 Å². The van der Waals surface area contributed by atoms with Crippen molar-refractivity contribution in [1.29, 1.82) is 0 Å². The van der Waals surface area contributed by atoms with Gasteiger partial charge in [-0.2, -0.15) is 0 Å². The molecule has 144 valence electrons. The van der Waals surface area contributed by atoms with Gasteiger partial charge in [-0.15, -0.1) is 11.3 Å². The minimum absolute atomic E-state index is 0.0517. The highest BCUT2D eigenvalue weighted by Crippen LogP contribution is 2.35. The van der Waals surface area contributed by atoms with Crippen LogP contribution in [0, 0.1) is 0 Å². The molecule has 0 bridgehead atoms. The van der Waals surface area contributed by atoms with Crippen molar-refractivity contribution in [3.8, 4) is 5.75 Å². The third-order valence-corrected chi connectivity index (χ3v) is 5.81. The van der Waals surface area contributed by atoms with E-state index in [1.165, 1.54) is 4.88 Å². The van der Waals surface area contributed by atoms with Gasteiger partial charge in [0.1, 0.15) is 5.75 Å². The van der Waals surface area contributed by atoms with Gasteiger partial charge in [0.05, 0.1) is 19.3 Å². The molecule has 1 aliphatic heterocycles. The van der Waals surface area contributed by atoms with E-state index in [1.54, 1.807) is 23.3 Å². The van der Waals surface area contributed by atoms with Crippen LogP contribution < -0.4 is 15.4 Å². The SMILES string of the molecule is COc1ccccc1N(CCC(N)=O)C(=O)CN1CCC[C@@H]1c1cccs1. The molecule has 1 aliphatic rings. The first-order valence-corrected chi connectivity index (χ1v) is 9.97. The van der Waals surface area contributed by atoms with E-state index in [2.05, 4.69) is 16.3 Å². The van der Waals surface area contributed by atoms with E-state index in [0.29, 0.717) is 18.0 Å². The highest BCUT2D eigenvalue weighted by atomic mass is 32.1. The molecular formula is C20H25N3O3S. The second-order valence-electron chi connectivity index (χ2n) is 6.58. The number of amides is 2. The van der Waals surface area contributed by atoms with E-state index in [9.17, 15) is 9.59 Å². The molecule has 0 aliphatic carbocycles. The van der Waals surface area contributed by atoms with Crippen LogP contribution in [0.15, 0.2) is 41.8 Å². The van der Waals surface area contributed by atoms with E-state index < -0.39 is 5.91 Å². The Morgan fingerprint density at radius 1 is 1.30 bits per heavy atom. The molecule has 0 spiro atoms. The van der Waals surface area contributed by atoms with Crippen molar-refractivity contribution in [1.82, 2.24) is 4.90 Å². The number of carbonyl (C=O) groups excluding carboxylic acids is 2. The van der Waals surface area contributed by atoms with Crippen molar-refractivity contribution in [2.75, 3.05) is 31.6 Å². The van der Waals surface area contributed by atoms with Crippen LogP contribution in [0.5, 0.6) is 5.75 Å². The molecule has 1 atom stereocenters. The predicted octanol–water partition coefficient (Wildman–Crippen LogP) is 2.80. The van der Waals surface area contributed by atoms with Gasteiger partial charge in [0.15, 0.2) is 0 Å². The third kappa shape index (κ3) is 4.67. The van der Waals surface area contributed by atoms with Crippen molar-refractivity contribution in [2.24, 2.45) is 5.73 Å². The number of hydrogen-bond acceptors (Lipinski definition) is 5. The van der Waals surface area contributed by atoms with Gasteiger partial charge in [0, 0.05) is 23.9 Å². The van der Waals surface area contributed by atoms with Crippen LogP contribution >= 0.6 is 11.3 Å². The van der Waals surface area contributed by atoms with Crippen LogP contribution in [0.1, 0.15) is 30.2 Å². The first-order valence-electron chi connectivity index (χ1n) is 9.09. The molecule has 2 heterocycles. The smallest absolute Gasteiger partial charge is 0.241 e. The second-order valence-corrected chi connectivity index (χ2v) is 7.56. The Balaban J connectivity index is 1.79. The molecule has 1 aromatic heterocycles. The van der Waals surface area contributed by atoms with Crippen LogP contribution in [0.2, 0.25) is 0 Å². The average Bonchev–Trinajstić information content (AvgIpc) is 3.33. The van der Waals surface area contributed by atoms with E-state index in [-0.39, 0.29) is 24.9 Å². The fourth-order valence-electron chi connectivity index (χ4n) is 3.53. The number of methoxy groups -OCH3 is 1. The monoisotopic (exact) mass is 387 g/mol. The molecule has 2 N–H and O–H groups in total. The van der Waals surface area contributed by atoms with Crippen LogP contribution in [-0.4, -0.2) is 43.5 Å². The van der Waals surface area contributed by atoms with Crippen molar-refractivity contribution < 1.29 is 14.3 Å². The number of anilines is 1. The van der Waals surface area contributed by atoms with Gasteiger partial charge >= 0.3 is 0 Å². The Morgan fingerprint density at radius 2 is 2.11 bits per heavy atom. The molecule has 27 heavy (non-hydrogen) atoms. The van der Waals surface area contributed by atoms with E-state index in [1.807, 2.05) is 30.3 Å². The topological polar surface area (TPSA) is 75.9 Å². The molecule has 2 amide bonds. The van der Waals surface area contributed by atoms with Crippen LogP contribution in [-0.2, 0) is 9.59 Å². The first kappa shape index (κ1) is 19.4. The van der Waals surface area contributed by atoms with Gasteiger partial charge in [0.2, 0.25) is 11.8 Å². The summed E-state index contributed by atoms with van der Waals surface area (Å²) in [6, 6.07) is 11.8. The number of thiophene rings is 1. The minimum atomic E-state index is -0.430. The van der Waals surface area contributed by atoms with Gasteiger partial charge in [0.25, 0.3) is 0 Å². The Morgan fingerprint density at radius 3 is 2.81 bits per heavy atom. The first-order chi connectivity index (χ1) is 13.1. The summed E-state index contributed by atoms with van der Waals surface area (Å²) in [6.07, 6.45) is 2.24. The van der Waals surface area contributed by atoms with Gasteiger partial charge in [-0.3, -0.25) is 14.5 Å². The van der Waals surface area contributed by atoms with Gasteiger partial charge in [-0.05, 0) is 43.0 Å². The standard InChI is InChI=1S/C20H25N3O3S/c1-26-17-8-3-2-6-15(17)23(12-10-19(21)24)20(25)14-22-11-4-7-16(22)18-9-5-13-27-18/h2-3,5-6,8-9,13,16H,4,7,10-12,14H2,1H3,(H2,21,24)/t16-/m1/s1. The lowest BCUT2D eigenvalue weighted by Gasteiger charge is -2.29. The largest absolute Gasteiger partial charge is 0.495 e. The number of para-hydroxylation sites is 2. The lowest BCUT2D eigenvalue weighted by molar-refractivity contribution is -0.120. The van der Waals surface area contributed by atoms with Crippen molar-refractivity contribution >= 4 is 28.8 Å². The second kappa shape index (κ2) is 9.01. The molecule has 0 saturated carbocycles. The molecule has 2 aromatic rings. The third-order valence-electron chi connectivity index (χ3n) is 4.83. The van der Waals surface area contributed by atoms with E-state index >= 15 is 0 Å². The molecule has 6 nitrogen and oxygen atoms in total. The van der Waals surface area contributed by atoms with Crippen molar-refractivity contribution in [2.45, 2.75) is 25.3 Å². The zero-order valence-electron chi connectivity index (χ0n) is 15.5. The lowest BCUT2D eigenvalue weighted by atomic mass is 10.2. The number of benzene rings is 1. The minimum Gasteiger partial charge on any atom is -0.495 e. The number of likely N-dealkylation sites (tertiary alicyclic amines) is 1. The summed E-state index contributed by atoms with van der Waals surface area (Å²) in [5.74, 6) is 0.121. The fraction of sp³-hybridized carbons (Fsp3) is 0.400. The highest BCUT2D eigenvalue weighted by Gasteiger charge is 2.30. The number of hydrogen-bond donors (Lipinski definition) is 1. The van der Waals surface area contributed by atoms with Crippen LogP contribution in [0.25, 0.3) is 0 Å². The number of carbonyl (C=O) groups is 2. The zero-order chi connectivity index (χ0) is 19.2. The summed E-state index contributed by atoms with van der Waals surface area (Å²) in [5, 5.41) is 2.07. The summed E-state index contributed by atoms with van der Waals surface area (Å²) in [7, 11) is 1.57. The molecule has 0 unspecified atom stereocenters. The number of rotatable bonds is 8. The summed E-state index contributed by atoms with van der Waals surface area (Å²) >= 11 is 1.73. The number of nitrogens with two attached hydrogens (primary N) is 1. The zero-order valence-corrected chi connectivity index (χ0v) is 16.3.